The summed E-state index contributed by atoms with van der Waals surface area (Å²) in [5.74, 6) is -2.76. The Morgan fingerprint density at radius 2 is 1.26 bits per heavy atom. The van der Waals surface area contributed by atoms with E-state index in [1.165, 1.54) is 12.8 Å². The number of ether oxygens (including phenoxy) is 3. The summed E-state index contributed by atoms with van der Waals surface area (Å²) in [7, 11) is 0. The second-order valence-corrected chi connectivity index (χ2v) is 8.56. The van der Waals surface area contributed by atoms with Crippen LogP contribution in [0, 0.1) is 5.92 Å². The van der Waals surface area contributed by atoms with Crippen molar-refractivity contribution in [1.82, 2.24) is 0 Å². The molecular weight excluding hydrogens is 436 g/mol. The Kier molecular flexibility index (Phi) is 19.3. The monoisotopic (exact) mass is 484 g/mol. The van der Waals surface area contributed by atoms with E-state index in [4.69, 9.17) is 14.2 Å². The average Bonchev–Trinajstić information content (AvgIpc) is 2.81. The molecule has 0 spiro atoms. The van der Waals surface area contributed by atoms with Crippen molar-refractivity contribution in [3.63, 3.8) is 0 Å². The fraction of sp³-hybridized carbons (Fsp3) is 0.815. The summed E-state index contributed by atoms with van der Waals surface area (Å²) in [4.78, 5) is 36.7. The predicted molar refractivity (Wildman–Crippen MR) is 133 cm³/mol. The molecule has 7 heteroatoms. The van der Waals surface area contributed by atoms with Gasteiger partial charge in [0.2, 0.25) is 0 Å². The summed E-state index contributed by atoms with van der Waals surface area (Å²) in [5.41, 5.74) is -2.34. The van der Waals surface area contributed by atoms with Gasteiger partial charge in [-0.25, -0.2) is 9.59 Å². The molecule has 1 unspecified atom stereocenters. The molecule has 0 aliphatic carbocycles. The third kappa shape index (κ3) is 13.1. The summed E-state index contributed by atoms with van der Waals surface area (Å²) in [6.07, 6.45) is 15.4. The highest BCUT2D eigenvalue weighted by Gasteiger charge is 2.52. The van der Waals surface area contributed by atoms with Gasteiger partial charge in [0.05, 0.1) is 19.8 Å². The number of carbonyl (C=O) groups is 3. The lowest BCUT2D eigenvalue weighted by Crippen LogP contribution is -2.54. The summed E-state index contributed by atoms with van der Waals surface area (Å²) < 4.78 is 15.1. The van der Waals surface area contributed by atoms with Crippen LogP contribution in [0.5, 0.6) is 0 Å². The van der Waals surface area contributed by atoms with Crippen LogP contribution in [0.4, 0.5) is 0 Å². The largest absolute Gasteiger partial charge is 0.466 e. The van der Waals surface area contributed by atoms with E-state index in [-0.39, 0.29) is 19.2 Å². The zero-order valence-electron chi connectivity index (χ0n) is 21.9. The van der Waals surface area contributed by atoms with Crippen LogP contribution in [0.2, 0.25) is 0 Å². The maximum atomic E-state index is 12.7. The van der Waals surface area contributed by atoms with Gasteiger partial charge < -0.3 is 19.3 Å². The summed E-state index contributed by atoms with van der Waals surface area (Å²) in [5, 5.41) is 11.2. The van der Waals surface area contributed by atoms with Gasteiger partial charge in [-0.3, -0.25) is 4.79 Å². The molecule has 0 aromatic rings. The quantitative estimate of drug-likeness (QED) is 0.0736. The third-order valence-corrected chi connectivity index (χ3v) is 5.75. The van der Waals surface area contributed by atoms with Crippen LogP contribution in [0.1, 0.15) is 111 Å². The summed E-state index contributed by atoms with van der Waals surface area (Å²) >= 11 is 0. The van der Waals surface area contributed by atoms with Crippen LogP contribution in [0.3, 0.4) is 0 Å². The second kappa shape index (κ2) is 20.5. The van der Waals surface area contributed by atoms with Crippen molar-refractivity contribution in [1.29, 1.82) is 0 Å². The first-order valence-electron chi connectivity index (χ1n) is 13.3. The molecule has 0 heterocycles. The van der Waals surface area contributed by atoms with Gasteiger partial charge in [0, 0.05) is 12.3 Å². The molecule has 1 atom stereocenters. The first-order chi connectivity index (χ1) is 16.4. The minimum atomic E-state index is -2.34. The minimum absolute atomic E-state index is 0.0692. The van der Waals surface area contributed by atoms with E-state index in [0.29, 0.717) is 19.4 Å². The van der Waals surface area contributed by atoms with Crippen LogP contribution in [0.25, 0.3) is 0 Å². The first-order valence-corrected chi connectivity index (χ1v) is 13.3. The van der Waals surface area contributed by atoms with Crippen molar-refractivity contribution in [3.8, 4) is 0 Å². The van der Waals surface area contributed by atoms with Gasteiger partial charge in [0.1, 0.15) is 0 Å². The smallest absolute Gasteiger partial charge is 0.350 e. The number of hydrogen-bond acceptors (Lipinski definition) is 7. The molecule has 0 saturated carbocycles. The van der Waals surface area contributed by atoms with E-state index in [1.54, 1.807) is 26.8 Å². The van der Waals surface area contributed by atoms with Gasteiger partial charge >= 0.3 is 17.9 Å². The molecule has 0 aromatic heterocycles. The zero-order valence-corrected chi connectivity index (χ0v) is 21.9. The Bertz CT molecular complexity index is 568. The van der Waals surface area contributed by atoms with Gasteiger partial charge in [-0.05, 0) is 46.5 Å². The van der Waals surface area contributed by atoms with Gasteiger partial charge in [-0.15, -0.1) is 0 Å². The number of allylic oxidation sites excluding steroid dienone is 1. The fourth-order valence-corrected chi connectivity index (χ4v) is 3.84. The predicted octanol–water partition coefficient (Wildman–Crippen LogP) is 5.67. The number of carbonyl (C=O) groups excluding carboxylic acids is 3. The topological polar surface area (TPSA) is 99.1 Å². The van der Waals surface area contributed by atoms with Gasteiger partial charge in [0.15, 0.2) is 0 Å². The number of esters is 3. The molecule has 34 heavy (non-hydrogen) atoms. The van der Waals surface area contributed by atoms with Crippen LogP contribution in [-0.2, 0) is 28.6 Å². The molecule has 0 aliphatic rings. The van der Waals surface area contributed by atoms with Gasteiger partial charge in [-0.1, -0.05) is 70.4 Å². The first kappa shape index (κ1) is 32.1. The van der Waals surface area contributed by atoms with Crippen molar-refractivity contribution < 1.29 is 33.7 Å². The molecule has 1 N–H and O–H groups in total. The maximum absolute atomic E-state index is 12.7. The Labute approximate surface area is 206 Å². The zero-order chi connectivity index (χ0) is 25.7. The standard InChI is InChI=1S/C27H48O7/c1-5-9-10-11-14-17-20-23(27(31,25(29)33-7-3)26(30)34-8-4)21-18-15-12-13-16-19-22-24(28)32-6-2/h18,21,23,31H,5-17,19-20,22H2,1-4H3/b21-18-. The molecular formula is C27H48O7. The minimum Gasteiger partial charge on any atom is -0.466 e. The number of rotatable bonds is 21. The van der Waals surface area contributed by atoms with E-state index < -0.39 is 23.5 Å². The van der Waals surface area contributed by atoms with Crippen LogP contribution in [-0.4, -0.2) is 48.4 Å². The third-order valence-electron chi connectivity index (χ3n) is 5.75. The lowest BCUT2D eigenvalue weighted by Gasteiger charge is -2.30. The summed E-state index contributed by atoms with van der Waals surface area (Å²) in [6, 6.07) is 0. The summed E-state index contributed by atoms with van der Waals surface area (Å²) in [6.45, 7) is 7.80. The second-order valence-electron chi connectivity index (χ2n) is 8.56. The van der Waals surface area contributed by atoms with Crippen LogP contribution in [0.15, 0.2) is 12.2 Å². The van der Waals surface area contributed by atoms with E-state index in [2.05, 4.69) is 6.92 Å². The molecule has 0 amide bonds. The van der Waals surface area contributed by atoms with Crippen LogP contribution >= 0.6 is 0 Å². The highest BCUT2D eigenvalue weighted by molar-refractivity contribution is 6.04. The van der Waals surface area contributed by atoms with Crippen molar-refractivity contribution in [2.24, 2.45) is 5.92 Å². The molecule has 0 fully saturated rings. The van der Waals surface area contributed by atoms with E-state index in [9.17, 15) is 19.5 Å². The molecule has 7 nitrogen and oxygen atoms in total. The van der Waals surface area contributed by atoms with Crippen LogP contribution < -0.4 is 0 Å². The molecule has 198 valence electrons. The average molecular weight is 485 g/mol. The highest BCUT2D eigenvalue weighted by atomic mass is 16.6. The van der Waals surface area contributed by atoms with Crippen molar-refractivity contribution in [3.05, 3.63) is 12.2 Å². The van der Waals surface area contributed by atoms with Crippen molar-refractivity contribution >= 4 is 17.9 Å². The lowest BCUT2D eigenvalue weighted by atomic mass is 9.82. The van der Waals surface area contributed by atoms with Gasteiger partial charge in [0.25, 0.3) is 5.60 Å². The fourth-order valence-electron chi connectivity index (χ4n) is 3.84. The maximum Gasteiger partial charge on any atom is 0.350 e. The lowest BCUT2D eigenvalue weighted by molar-refractivity contribution is -0.188. The SMILES string of the molecule is CCCCCCCCC(/C=C\CCCCCCC(=O)OCC)C(O)(C(=O)OCC)C(=O)OCC. The van der Waals surface area contributed by atoms with Gasteiger partial charge in [-0.2, -0.15) is 0 Å². The molecule has 0 aliphatic heterocycles. The molecule has 0 rings (SSSR count). The Balaban J connectivity index is 5.02. The molecule has 0 saturated heterocycles. The van der Waals surface area contributed by atoms with E-state index >= 15 is 0 Å². The normalized spacial score (nSPS) is 12.5. The molecule has 0 bridgehead atoms. The molecule has 0 aromatic carbocycles. The Hall–Kier alpha value is -1.89. The number of hydrogen-bond donors (Lipinski definition) is 1. The van der Waals surface area contributed by atoms with E-state index in [1.807, 2.05) is 6.08 Å². The number of aliphatic hydroxyl groups is 1. The number of unbranched alkanes of at least 4 members (excludes halogenated alkanes) is 9. The van der Waals surface area contributed by atoms with E-state index in [0.717, 1.165) is 57.8 Å². The molecule has 0 radical (unpaired) electrons. The van der Waals surface area contributed by atoms with Crippen molar-refractivity contribution in [2.75, 3.05) is 19.8 Å². The highest BCUT2D eigenvalue weighted by Crippen LogP contribution is 2.29. The van der Waals surface area contributed by atoms with Crippen molar-refractivity contribution in [2.45, 2.75) is 117 Å². The Morgan fingerprint density at radius 3 is 1.85 bits per heavy atom. The Morgan fingerprint density at radius 1 is 0.735 bits per heavy atom.